The Bertz CT molecular complexity index is 235. The Morgan fingerprint density at radius 2 is 1.60 bits per heavy atom. The zero-order valence-corrected chi connectivity index (χ0v) is 14.1. The number of hydrogen-bond acceptors (Lipinski definition) is 4. The van der Waals surface area contributed by atoms with Crippen molar-refractivity contribution in [3.63, 3.8) is 0 Å². The van der Waals surface area contributed by atoms with E-state index in [4.69, 9.17) is 5.73 Å². The molecule has 1 aliphatic rings. The average Bonchev–Trinajstić information content (AvgIpc) is 2.37. The molecule has 0 aromatic rings. The summed E-state index contributed by atoms with van der Waals surface area (Å²) in [5.74, 6) is 0.807. The van der Waals surface area contributed by atoms with E-state index in [0.29, 0.717) is 6.04 Å². The molecule has 20 heavy (non-hydrogen) atoms. The second-order valence-electron chi connectivity index (χ2n) is 6.96. The Morgan fingerprint density at radius 3 is 2.15 bits per heavy atom. The summed E-state index contributed by atoms with van der Waals surface area (Å²) in [4.78, 5) is 7.51. The average molecular weight is 284 g/mol. The second-order valence-corrected chi connectivity index (χ2v) is 6.96. The highest BCUT2D eigenvalue weighted by Crippen LogP contribution is 2.12. The van der Waals surface area contributed by atoms with E-state index in [1.807, 2.05) is 0 Å². The molecule has 0 saturated carbocycles. The predicted molar refractivity (Wildman–Crippen MR) is 88.1 cm³/mol. The van der Waals surface area contributed by atoms with E-state index in [1.54, 1.807) is 0 Å². The van der Waals surface area contributed by atoms with Crippen molar-refractivity contribution in [1.29, 1.82) is 0 Å². The molecule has 4 nitrogen and oxygen atoms in total. The maximum atomic E-state index is 5.81. The molecule has 2 unspecified atom stereocenters. The van der Waals surface area contributed by atoms with Gasteiger partial charge in [0.1, 0.15) is 0 Å². The number of nitrogens with two attached hydrogens (primary N) is 1. The summed E-state index contributed by atoms with van der Waals surface area (Å²) in [5.41, 5.74) is 5.81. The highest BCUT2D eigenvalue weighted by molar-refractivity contribution is 4.74. The number of likely N-dealkylation sites (N-methyl/N-ethyl adjacent to an activating group) is 1. The number of rotatable bonds is 9. The number of piperazine rings is 1. The maximum absolute atomic E-state index is 5.81. The van der Waals surface area contributed by atoms with Gasteiger partial charge in [0.2, 0.25) is 0 Å². The lowest BCUT2D eigenvalue weighted by Crippen LogP contribution is -2.48. The van der Waals surface area contributed by atoms with Gasteiger partial charge in [-0.2, -0.15) is 0 Å². The summed E-state index contributed by atoms with van der Waals surface area (Å²) in [5, 5.41) is 0. The van der Waals surface area contributed by atoms with Gasteiger partial charge in [-0.3, -0.25) is 4.90 Å². The van der Waals surface area contributed by atoms with Gasteiger partial charge in [-0.05, 0) is 39.8 Å². The Balaban J connectivity index is 2.09. The smallest absolute Gasteiger partial charge is 0.0110 e. The first-order valence-corrected chi connectivity index (χ1v) is 8.32. The fraction of sp³-hybridized carbons (Fsp3) is 1.00. The Morgan fingerprint density at radius 1 is 1.00 bits per heavy atom. The minimum Gasteiger partial charge on any atom is -0.328 e. The maximum Gasteiger partial charge on any atom is 0.0110 e. The molecule has 0 spiro atoms. The summed E-state index contributed by atoms with van der Waals surface area (Å²) in [6.45, 7) is 13.1. The zero-order valence-electron chi connectivity index (χ0n) is 14.1. The summed E-state index contributed by atoms with van der Waals surface area (Å²) >= 11 is 0. The van der Waals surface area contributed by atoms with Gasteiger partial charge >= 0.3 is 0 Å². The lowest BCUT2D eigenvalue weighted by molar-refractivity contribution is 0.112. The molecule has 120 valence electrons. The first-order chi connectivity index (χ1) is 9.47. The van der Waals surface area contributed by atoms with Crippen LogP contribution in [0.4, 0.5) is 0 Å². The molecule has 1 aliphatic heterocycles. The van der Waals surface area contributed by atoms with Crippen molar-refractivity contribution in [3.8, 4) is 0 Å². The molecule has 1 saturated heterocycles. The van der Waals surface area contributed by atoms with Crippen molar-refractivity contribution in [1.82, 2.24) is 14.7 Å². The molecule has 0 aliphatic carbocycles. The first-order valence-electron chi connectivity index (χ1n) is 8.32. The van der Waals surface area contributed by atoms with Gasteiger partial charge in [0.05, 0.1) is 0 Å². The molecule has 2 atom stereocenters. The van der Waals surface area contributed by atoms with Crippen molar-refractivity contribution in [3.05, 3.63) is 0 Å². The van der Waals surface area contributed by atoms with Crippen molar-refractivity contribution in [2.24, 2.45) is 11.7 Å². The van der Waals surface area contributed by atoms with Gasteiger partial charge < -0.3 is 15.5 Å². The molecule has 1 rings (SSSR count). The summed E-state index contributed by atoms with van der Waals surface area (Å²) in [6, 6.07) is 0.363. The van der Waals surface area contributed by atoms with Crippen LogP contribution in [0.15, 0.2) is 0 Å². The van der Waals surface area contributed by atoms with Crippen molar-refractivity contribution >= 4 is 0 Å². The van der Waals surface area contributed by atoms with E-state index in [2.05, 4.69) is 42.6 Å². The molecule has 0 bridgehead atoms. The number of hydrogen-bond donors (Lipinski definition) is 1. The van der Waals surface area contributed by atoms with Crippen LogP contribution in [0.25, 0.3) is 0 Å². The third kappa shape index (κ3) is 8.20. The van der Waals surface area contributed by atoms with E-state index in [0.717, 1.165) is 5.92 Å². The van der Waals surface area contributed by atoms with Gasteiger partial charge in [-0.1, -0.05) is 13.3 Å². The van der Waals surface area contributed by atoms with Crippen LogP contribution in [0.5, 0.6) is 0 Å². The van der Waals surface area contributed by atoms with Crippen molar-refractivity contribution < 1.29 is 0 Å². The van der Waals surface area contributed by atoms with Gasteiger partial charge in [0.15, 0.2) is 0 Å². The Hall–Kier alpha value is -0.160. The Labute approximate surface area is 126 Å². The molecule has 4 heteroatoms. The van der Waals surface area contributed by atoms with Gasteiger partial charge in [0.25, 0.3) is 0 Å². The molecular formula is C16H36N4. The van der Waals surface area contributed by atoms with Crippen LogP contribution in [0.1, 0.15) is 33.1 Å². The quantitative estimate of drug-likeness (QED) is 0.693. The Kier molecular flexibility index (Phi) is 8.69. The molecule has 0 amide bonds. The topological polar surface area (TPSA) is 35.7 Å². The van der Waals surface area contributed by atoms with E-state index in [9.17, 15) is 0 Å². The summed E-state index contributed by atoms with van der Waals surface area (Å²) < 4.78 is 0. The van der Waals surface area contributed by atoms with Gasteiger partial charge in [-0.25, -0.2) is 0 Å². The monoisotopic (exact) mass is 284 g/mol. The van der Waals surface area contributed by atoms with Crippen LogP contribution in [-0.2, 0) is 0 Å². The van der Waals surface area contributed by atoms with Gasteiger partial charge in [0, 0.05) is 51.9 Å². The van der Waals surface area contributed by atoms with E-state index < -0.39 is 0 Å². The van der Waals surface area contributed by atoms with Gasteiger partial charge in [-0.15, -0.1) is 0 Å². The van der Waals surface area contributed by atoms with Crippen LogP contribution >= 0.6 is 0 Å². The van der Waals surface area contributed by atoms with E-state index in [-0.39, 0.29) is 0 Å². The molecular weight excluding hydrogens is 248 g/mol. The standard InChI is InChI=1S/C16H36N4/c1-15(6-5-7-16(2)17)14-20-12-10-19(11-13-20)9-8-18(3)4/h15-16H,5-14,17H2,1-4H3. The molecule has 2 N–H and O–H groups in total. The summed E-state index contributed by atoms with van der Waals surface area (Å²) in [6.07, 6.45) is 3.77. The molecule has 0 aromatic carbocycles. The zero-order chi connectivity index (χ0) is 15.0. The molecule has 1 heterocycles. The lowest BCUT2D eigenvalue weighted by Gasteiger charge is -2.36. The first kappa shape index (κ1) is 17.9. The lowest BCUT2D eigenvalue weighted by atomic mass is 10.0. The normalized spacial score (nSPS) is 21.3. The summed E-state index contributed by atoms with van der Waals surface area (Å²) in [7, 11) is 4.31. The van der Waals surface area contributed by atoms with Crippen LogP contribution in [-0.4, -0.2) is 80.7 Å². The molecule has 1 fully saturated rings. The number of nitrogens with zero attached hydrogens (tertiary/aromatic N) is 3. The highest BCUT2D eigenvalue weighted by Gasteiger charge is 2.18. The predicted octanol–water partition coefficient (Wildman–Crippen LogP) is 1.32. The third-order valence-corrected chi connectivity index (χ3v) is 4.25. The molecule has 0 radical (unpaired) electrons. The SMILES string of the molecule is CC(N)CCCC(C)CN1CCN(CCN(C)C)CC1. The van der Waals surface area contributed by atoms with Crippen molar-refractivity contribution in [2.45, 2.75) is 39.2 Å². The fourth-order valence-corrected chi connectivity index (χ4v) is 2.86. The van der Waals surface area contributed by atoms with E-state index in [1.165, 1.54) is 65.1 Å². The van der Waals surface area contributed by atoms with Crippen LogP contribution in [0, 0.1) is 5.92 Å². The molecule has 0 aromatic heterocycles. The van der Waals surface area contributed by atoms with Crippen LogP contribution in [0.3, 0.4) is 0 Å². The minimum atomic E-state index is 0.363. The van der Waals surface area contributed by atoms with E-state index >= 15 is 0 Å². The minimum absolute atomic E-state index is 0.363. The van der Waals surface area contributed by atoms with Crippen molar-refractivity contribution in [2.75, 3.05) is 59.9 Å². The fourth-order valence-electron chi connectivity index (χ4n) is 2.86. The second kappa shape index (κ2) is 9.72. The van der Waals surface area contributed by atoms with Crippen LogP contribution < -0.4 is 5.73 Å². The largest absolute Gasteiger partial charge is 0.328 e. The highest BCUT2D eigenvalue weighted by atomic mass is 15.3. The third-order valence-electron chi connectivity index (χ3n) is 4.25. The van der Waals surface area contributed by atoms with Crippen LogP contribution in [0.2, 0.25) is 0 Å².